The average molecular weight is 268 g/mol. The lowest BCUT2D eigenvalue weighted by atomic mass is 9.72. The highest BCUT2D eigenvalue weighted by Gasteiger charge is 2.62. The summed E-state index contributed by atoms with van der Waals surface area (Å²) in [6.07, 6.45) is 5.78. The zero-order valence-corrected chi connectivity index (χ0v) is 11.7. The molecule has 2 fully saturated rings. The molecule has 0 saturated heterocycles. The van der Waals surface area contributed by atoms with Crippen molar-refractivity contribution in [3.8, 4) is 0 Å². The first-order valence-corrected chi connectivity index (χ1v) is 7.71. The summed E-state index contributed by atoms with van der Waals surface area (Å²) in [5.74, 6) is 2.90. The number of benzene rings is 1. The van der Waals surface area contributed by atoms with E-state index in [0.29, 0.717) is 36.2 Å². The molecule has 0 aliphatic heterocycles. The Kier molecular flexibility index (Phi) is 2.73. The van der Waals surface area contributed by atoms with Crippen molar-refractivity contribution in [1.82, 2.24) is 0 Å². The monoisotopic (exact) mass is 268 g/mol. The second-order valence-corrected chi connectivity index (χ2v) is 6.31. The smallest absolute Gasteiger partial charge is 0.309 e. The van der Waals surface area contributed by atoms with E-state index in [4.69, 9.17) is 4.74 Å². The molecule has 3 aliphatic carbocycles. The maximum Gasteiger partial charge on any atom is 0.309 e. The van der Waals surface area contributed by atoms with Gasteiger partial charge in [-0.25, -0.2) is 0 Å². The van der Waals surface area contributed by atoms with Gasteiger partial charge in [0, 0.05) is 0 Å². The SMILES string of the molecule is CCOC(=O)[C@@H]1C2C=CC3C1C[C@@H](c1ccccc1)C32. The van der Waals surface area contributed by atoms with Gasteiger partial charge in [-0.3, -0.25) is 4.79 Å². The standard InChI is InChI=1S/C18H20O2/c1-2-20-18(19)17-13-9-8-12-15(17)10-14(16(12)13)11-6-4-3-5-7-11/h3-9,12-17H,2,10H2,1H3/t12?,13?,14-,15?,16?,17+/m0/s1. The van der Waals surface area contributed by atoms with Gasteiger partial charge in [-0.2, -0.15) is 0 Å². The van der Waals surface area contributed by atoms with Crippen LogP contribution in [-0.2, 0) is 9.53 Å². The molecule has 0 N–H and O–H groups in total. The Morgan fingerprint density at radius 3 is 2.65 bits per heavy atom. The summed E-state index contributed by atoms with van der Waals surface area (Å²) in [5, 5.41) is 0. The predicted octanol–water partition coefficient (Wildman–Crippen LogP) is 3.40. The molecule has 4 rings (SSSR count). The van der Waals surface area contributed by atoms with Crippen LogP contribution < -0.4 is 0 Å². The fourth-order valence-electron chi connectivity index (χ4n) is 5.00. The number of hydrogen-bond acceptors (Lipinski definition) is 2. The van der Waals surface area contributed by atoms with E-state index in [1.807, 2.05) is 6.92 Å². The molecule has 4 unspecified atom stereocenters. The van der Waals surface area contributed by atoms with Crippen molar-refractivity contribution in [2.24, 2.45) is 29.6 Å². The zero-order chi connectivity index (χ0) is 13.7. The normalized spacial score (nSPS) is 40.2. The Morgan fingerprint density at radius 2 is 1.95 bits per heavy atom. The van der Waals surface area contributed by atoms with E-state index in [1.165, 1.54) is 5.56 Å². The van der Waals surface area contributed by atoms with Crippen LogP contribution in [-0.4, -0.2) is 12.6 Å². The maximum atomic E-state index is 12.2. The summed E-state index contributed by atoms with van der Waals surface area (Å²) in [4.78, 5) is 12.2. The first-order valence-electron chi connectivity index (χ1n) is 7.71. The van der Waals surface area contributed by atoms with Crippen LogP contribution in [0.5, 0.6) is 0 Å². The molecule has 0 radical (unpaired) electrons. The quantitative estimate of drug-likeness (QED) is 0.620. The van der Waals surface area contributed by atoms with Crippen molar-refractivity contribution in [3.63, 3.8) is 0 Å². The van der Waals surface area contributed by atoms with Gasteiger partial charge in [0.05, 0.1) is 12.5 Å². The minimum atomic E-state index is 0.0332. The minimum absolute atomic E-state index is 0.0332. The predicted molar refractivity (Wildman–Crippen MR) is 77.0 cm³/mol. The maximum absolute atomic E-state index is 12.2. The molecule has 6 atom stereocenters. The molecule has 20 heavy (non-hydrogen) atoms. The van der Waals surface area contributed by atoms with Gasteiger partial charge in [0.1, 0.15) is 0 Å². The topological polar surface area (TPSA) is 26.3 Å². The second-order valence-electron chi connectivity index (χ2n) is 6.31. The molecule has 0 aromatic heterocycles. The molecular weight excluding hydrogens is 248 g/mol. The van der Waals surface area contributed by atoms with Crippen LogP contribution in [0.15, 0.2) is 42.5 Å². The van der Waals surface area contributed by atoms with Crippen molar-refractivity contribution in [2.45, 2.75) is 19.3 Å². The first kappa shape index (κ1) is 12.2. The van der Waals surface area contributed by atoms with Crippen molar-refractivity contribution >= 4 is 5.97 Å². The summed E-state index contributed by atoms with van der Waals surface area (Å²) in [7, 11) is 0. The largest absolute Gasteiger partial charge is 0.466 e. The summed E-state index contributed by atoms with van der Waals surface area (Å²) < 4.78 is 5.30. The van der Waals surface area contributed by atoms with Gasteiger partial charge >= 0.3 is 5.97 Å². The van der Waals surface area contributed by atoms with Gasteiger partial charge in [-0.1, -0.05) is 42.5 Å². The third-order valence-corrected chi connectivity index (χ3v) is 5.59. The molecule has 2 nitrogen and oxygen atoms in total. The van der Waals surface area contributed by atoms with E-state index < -0.39 is 0 Å². The molecule has 0 heterocycles. The molecular formula is C18H20O2. The molecule has 0 amide bonds. The highest BCUT2D eigenvalue weighted by molar-refractivity contribution is 5.75. The van der Waals surface area contributed by atoms with E-state index in [9.17, 15) is 4.79 Å². The van der Waals surface area contributed by atoms with Crippen LogP contribution in [0.4, 0.5) is 0 Å². The number of hydrogen-bond donors (Lipinski definition) is 0. The first-order chi connectivity index (χ1) is 9.81. The van der Waals surface area contributed by atoms with Crippen LogP contribution in [0.2, 0.25) is 0 Å². The number of esters is 1. The molecule has 2 heteroatoms. The van der Waals surface area contributed by atoms with Crippen molar-refractivity contribution < 1.29 is 9.53 Å². The van der Waals surface area contributed by atoms with Crippen molar-refractivity contribution in [3.05, 3.63) is 48.0 Å². The number of carbonyl (C=O) groups is 1. The number of rotatable bonds is 3. The van der Waals surface area contributed by atoms with Gasteiger partial charge in [-0.05, 0) is 48.5 Å². The Labute approximate surface area is 119 Å². The lowest BCUT2D eigenvalue weighted by Crippen LogP contribution is -2.33. The summed E-state index contributed by atoms with van der Waals surface area (Å²) in [5.41, 5.74) is 1.45. The highest BCUT2D eigenvalue weighted by atomic mass is 16.5. The van der Waals surface area contributed by atoms with Gasteiger partial charge in [-0.15, -0.1) is 0 Å². The van der Waals surface area contributed by atoms with Gasteiger partial charge in [0.2, 0.25) is 0 Å². The summed E-state index contributed by atoms with van der Waals surface area (Å²) in [6, 6.07) is 10.8. The molecule has 3 aliphatic rings. The third kappa shape index (κ3) is 1.54. The Morgan fingerprint density at radius 1 is 1.20 bits per heavy atom. The number of allylic oxidation sites excluding steroid dienone is 2. The summed E-state index contributed by atoms with van der Waals surface area (Å²) >= 11 is 0. The number of ether oxygens (including phenoxy) is 1. The Balaban J connectivity index is 1.62. The lowest BCUT2D eigenvalue weighted by Gasteiger charge is -2.32. The molecule has 2 saturated carbocycles. The summed E-state index contributed by atoms with van der Waals surface area (Å²) in [6.45, 7) is 2.39. The fourth-order valence-corrected chi connectivity index (χ4v) is 5.00. The van der Waals surface area contributed by atoms with E-state index in [2.05, 4.69) is 42.5 Å². The molecule has 104 valence electrons. The molecule has 1 aromatic carbocycles. The van der Waals surface area contributed by atoms with Crippen molar-refractivity contribution in [2.75, 3.05) is 6.61 Å². The minimum Gasteiger partial charge on any atom is -0.466 e. The highest BCUT2D eigenvalue weighted by Crippen LogP contribution is 2.65. The van der Waals surface area contributed by atoms with Crippen LogP contribution in [0.1, 0.15) is 24.8 Å². The van der Waals surface area contributed by atoms with Crippen LogP contribution >= 0.6 is 0 Å². The van der Waals surface area contributed by atoms with E-state index in [1.54, 1.807) is 0 Å². The Hall–Kier alpha value is -1.57. The van der Waals surface area contributed by atoms with Gasteiger partial charge in [0.25, 0.3) is 0 Å². The van der Waals surface area contributed by atoms with Crippen LogP contribution in [0, 0.1) is 29.6 Å². The number of carbonyl (C=O) groups excluding carboxylic acids is 1. The fraction of sp³-hybridized carbons (Fsp3) is 0.500. The lowest BCUT2D eigenvalue weighted by molar-refractivity contribution is -0.151. The van der Waals surface area contributed by atoms with E-state index in [0.717, 1.165) is 6.42 Å². The second kappa shape index (κ2) is 4.47. The Bertz CT molecular complexity index is 548. The van der Waals surface area contributed by atoms with Crippen LogP contribution in [0.25, 0.3) is 0 Å². The van der Waals surface area contributed by atoms with Gasteiger partial charge < -0.3 is 4.74 Å². The molecule has 0 spiro atoms. The zero-order valence-electron chi connectivity index (χ0n) is 11.7. The van der Waals surface area contributed by atoms with Crippen LogP contribution in [0.3, 0.4) is 0 Å². The third-order valence-electron chi connectivity index (χ3n) is 5.59. The van der Waals surface area contributed by atoms with E-state index in [-0.39, 0.29) is 11.9 Å². The molecule has 1 aromatic rings. The molecule has 4 bridgehead atoms. The van der Waals surface area contributed by atoms with E-state index >= 15 is 0 Å². The average Bonchev–Trinajstić information content (AvgIpc) is 3.13. The van der Waals surface area contributed by atoms with Gasteiger partial charge in [0.15, 0.2) is 0 Å². The van der Waals surface area contributed by atoms with Crippen molar-refractivity contribution in [1.29, 1.82) is 0 Å².